The molecular formula is C21H21FN4O3. The van der Waals surface area contributed by atoms with Crippen LogP contribution < -0.4 is 11.1 Å². The Morgan fingerprint density at radius 1 is 1.21 bits per heavy atom. The van der Waals surface area contributed by atoms with Gasteiger partial charge in [-0.05, 0) is 24.1 Å². The highest BCUT2D eigenvalue weighted by molar-refractivity contribution is 6.00. The van der Waals surface area contributed by atoms with Gasteiger partial charge in [-0.3, -0.25) is 14.3 Å². The summed E-state index contributed by atoms with van der Waals surface area (Å²) >= 11 is 0. The third-order valence-corrected chi connectivity index (χ3v) is 4.46. The predicted octanol–water partition coefficient (Wildman–Crippen LogP) is 1.41. The molecule has 0 aliphatic heterocycles. The normalized spacial score (nSPS) is 12.9. The first-order chi connectivity index (χ1) is 13.8. The topological polar surface area (TPSA) is 110 Å². The predicted molar refractivity (Wildman–Crippen MR) is 105 cm³/mol. The van der Waals surface area contributed by atoms with Gasteiger partial charge >= 0.3 is 0 Å². The van der Waals surface area contributed by atoms with Crippen molar-refractivity contribution in [3.05, 3.63) is 77.7 Å². The van der Waals surface area contributed by atoms with E-state index in [1.165, 1.54) is 29.1 Å². The maximum absolute atomic E-state index is 13.6. The van der Waals surface area contributed by atoms with E-state index in [-0.39, 0.29) is 17.7 Å². The lowest BCUT2D eigenvalue weighted by atomic mass is 10.00. The fourth-order valence-electron chi connectivity index (χ4n) is 3.06. The maximum atomic E-state index is 13.6. The lowest BCUT2D eigenvalue weighted by molar-refractivity contribution is -0.127. The summed E-state index contributed by atoms with van der Waals surface area (Å²) in [5.41, 5.74) is 6.97. The van der Waals surface area contributed by atoms with Gasteiger partial charge in [0.15, 0.2) is 6.10 Å². The minimum Gasteiger partial charge on any atom is -0.381 e. The van der Waals surface area contributed by atoms with Gasteiger partial charge in [-0.15, -0.1) is 0 Å². The number of carbonyl (C=O) groups excluding carboxylic acids is 2. The van der Waals surface area contributed by atoms with Gasteiger partial charge in [0.1, 0.15) is 11.5 Å². The number of nitrogens with zero attached hydrogens (tertiary/aromatic N) is 2. The quantitative estimate of drug-likeness (QED) is 0.561. The van der Waals surface area contributed by atoms with E-state index in [4.69, 9.17) is 5.73 Å². The number of carbonyl (C=O) groups is 2. The van der Waals surface area contributed by atoms with Gasteiger partial charge in [-0.2, -0.15) is 5.10 Å². The fraction of sp³-hybridized carbons (Fsp3) is 0.190. The number of aliphatic hydroxyl groups is 1. The van der Waals surface area contributed by atoms with Crippen LogP contribution >= 0.6 is 0 Å². The van der Waals surface area contributed by atoms with Crippen LogP contribution in [0.3, 0.4) is 0 Å². The molecule has 0 aliphatic carbocycles. The second-order valence-electron chi connectivity index (χ2n) is 6.69. The third kappa shape index (κ3) is 4.85. The number of nitrogens with two attached hydrogens (primary N) is 1. The Morgan fingerprint density at radius 3 is 2.59 bits per heavy atom. The molecule has 1 heterocycles. The summed E-state index contributed by atoms with van der Waals surface area (Å²) in [5, 5.41) is 17.1. The summed E-state index contributed by atoms with van der Waals surface area (Å²) in [6.07, 6.45) is 0.117. The molecule has 2 aromatic carbocycles. The molecule has 150 valence electrons. The Balaban J connectivity index is 1.89. The number of rotatable bonds is 7. The number of hydrogen-bond acceptors (Lipinski definition) is 4. The molecule has 0 aliphatic rings. The second-order valence-corrected chi connectivity index (χ2v) is 6.69. The summed E-state index contributed by atoms with van der Waals surface area (Å²) in [6.45, 7) is 0. The van der Waals surface area contributed by atoms with Crippen LogP contribution in [0.4, 0.5) is 4.39 Å². The molecular weight excluding hydrogens is 375 g/mol. The van der Waals surface area contributed by atoms with E-state index in [2.05, 4.69) is 10.4 Å². The van der Waals surface area contributed by atoms with E-state index in [0.717, 1.165) is 5.56 Å². The standard InChI is InChI=1S/C21H21FN4O3/c1-26-12-16(18(25-26)14-8-5-9-15(22)11-14)21(29)24-17(19(27)20(23)28)10-13-6-3-2-4-7-13/h2-9,11-12,17,19,27H,10H2,1H3,(H2,23,28)(H,24,29). The highest BCUT2D eigenvalue weighted by Gasteiger charge is 2.28. The van der Waals surface area contributed by atoms with Gasteiger partial charge in [0.05, 0.1) is 11.6 Å². The number of nitrogens with one attached hydrogen (secondary N) is 1. The van der Waals surface area contributed by atoms with E-state index in [1.54, 1.807) is 13.1 Å². The van der Waals surface area contributed by atoms with Crippen LogP contribution in [0.2, 0.25) is 0 Å². The Kier molecular flexibility index (Phi) is 6.04. The molecule has 0 bridgehead atoms. The van der Waals surface area contributed by atoms with Crippen molar-refractivity contribution >= 4 is 11.8 Å². The molecule has 0 spiro atoms. The summed E-state index contributed by atoms with van der Waals surface area (Å²) < 4.78 is 15.1. The molecule has 1 aromatic heterocycles. The van der Waals surface area contributed by atoms with Crippen molar-refractivity contribution in [3.8, 4) is 11.3 Å². The first kappa shape index (κ1) is 20.2. The molecule has 0 saturated carbocycles. The first-order valence-corrected chi connectivity index (χ1v) is 8.97. The average Bonchev–Trinajstić information content (AvgIpc) is 3.09. The number of halogens is 1. The molecule has 29 heavy (non-hydrogen) atoms. The minimum atomic E-state index is -1.58. The number of aromatic nitrogens is 2. The Hall–Kier alpha value is -3.52. The van der Waals surface area contributed by atoms with Crippen LogP contribution in [-0.4, -0.2) is 38.8 Å². The molecule has 0 radical (unpaired) electrons. The number of aliphatic hydroxyl groups excluding tert-OH is 1. The van der Waals surface area contributed by atoms with Crippen LogP contribution in [0.5, 0.6) is 0 Å². The number of amides is 2. The molecule has 2 unspecified atom stereocenters. The Morgan fingerprint density at radius 2 is 1.93 bits per heavy atom. The molecule has 2 amide bonds. The fourth-order valence-corrected chi connectivity index (χ4v) is 3.06. The Bertz CT molecular complexity index is 1020. The van der Waals surface area contributed by atoms with Crippen molar-refractivity contribution in [2.24, 2.45) is 12.8 Å². The Labute approximate surface area is 167 Å². The molecule has 4 N–H and O–H groups in total. The first-order valence-electron chi connectivity index (χ1n) is 8.97. The average molecular weight is 396 g/mol. The summed E-state index contributed by atoms with van der Waals surface area (Å²) in [4.78, 5) is 24.5. The van der Waals surface area contributed by atoms with Crippen molar-refractivity contribution < 1.29 is 19.1 Å². The van der Waals surface area contributed by atoms with Crippen LogP contribution in [0.15, 0.2) is 60.8 Å². The smallest absolute Gasteiger partial charge is 0.255 e. The molecule has 7 nitrogen and oxygen atoms in total. The van der Waals surface area contributed by atoms with Gasteiger partial charge in [0, 0.05) is 18.8 Å². The van der Waals surface area contributed by atoms with Crippen molar-refractivity contribution in [1.29, 1.82) is 0 Å². The van der Waals surface area contributed by atoms with E-state index in [9.17, 15) is 19.1 Å². The van der Waals surface area contributed by atoms with E-state index in [1.807, 2.05) is 30.3 Å². The van der Waals surface area contributed by atoms with Crippen molar-refractivity contribution in [1.82, 2.24) is 15.1 Å². The van der Waals surface area contributed by atoms with Gasteiger partial charge in [-0.1, -0.05) is 42.5 Å². The number of primary amides is 1. The van der Waals surface area contributed by atoms with E-state index < -0.39 is 29.8 Å². The van der Waals surface area contributed by atoms with Crippen LogP contribution in [0.1, 0.15) is 15.9 Å². The number of benzene rings is 2. The van der Waals surface area contributed by atoms with Crippen LogP contribution in [-0.2, 0) is 18.3 Å². The van der Waals surface area contributed by atoms with Crippen molar-refractivity contribution in [2.45, 2.75) is 18.6 Å². The minimum absolute atomic E-state index is 0.188. The van der Waals surface area contributed by atoms with Gasteiger partial charge in [0.25, 0.3) is 5.91 Å². The molecule has 0 saturated heterocycles. The lowest BCUT2D eigenvalue weighted by Crippen LogP contribution is -2.50. The highest BCUT2D eigenvalue weighted by atomic mass is 19.1. The zero-order chi connectivity index (χ0) is 21.0. The van der Waals surface area contributed by atoms with Crippen LogP contribution in [0, 0.1) is 5.82 Å². The number of aryl methyl sites for hydroxylation is 1. The van der Waals surface area contributed by atoms with E-state index >= 15 is 0 Å². The van der Waals surface area contributed by atoms with Gasteiger partial charge < -0.3 is 16.2 Å². The number of hydrogen-bond donors (Lipinski definition) is 3. The van der Waals surface area contributed by atoms with Gasteiger partial charge in [0.2, 0.25) is 5.91 Å². The molecule has 0 fully saturated rings. The third-order valence-electron chi connectivity index (χ3n) is 4.46. The lowest BCUT2D eigenvalue weighted by Gasteiger charge is -2.22. The summed E-state index contributed by atoms with van der Waals surface area (Å²) in [6, 6.07) is 13.9. The molecule has 3 rings (SSSR count). The zero-order valence-electron chi connectivity index (χ0n) is 15.7. The molecule has 3 aromatic rings. The largest absolute Gasteiger partial charge is 0.381 e. The SMILES string of the molecule is Cn1cc(C(=O)NC(Cc2ccccc2)C(O)C(N)=O)c(-c2cccc(F)c2)n1. The van der Waals surface area contributed by atoms with Crippen molar-refractivity contribution in [3.63, 3.8) is 0 Å². The van der Waals surface area contributed by atoms with Gasteiger partial charge in [-0.25, -0.2) is 4.39 Å². The highest BCUT2D eigenvalue weighted by Crippen LogP contribution is 2.23. The van der Waals surface area contributed by atoms with Crippen molar-refractivity contribution in [2.75, 3.05) is 0 Å². The molecule has 8 heteroatoms. The van der Waals surface area contributed by atoms with Crippen LogP contribution in [0.25, 0.3) is 11.3 Å². The summed E-state index contributed by atoms with van der Waals surface area (Å²) in [7, 11) is 1.64. The summed E-state index contributed by atoms with van der Waals surface area (Å²) in [5.74, 6) is -1.95. The second kappa shape index (κ2) is 8.66. The van der Waals surface area contributed by atoms with E-state index in [0.29, 0.717) is 5.56 Å². The molecule has 2 atom stereocenters. The zero-order valence-corrected chi connectivity index (χ0v) is 15.7. The maximum Gasteiger partial charge on any atom is 0.255 e. The monoisotopic (exact) mass is 396 g/mol.